The van der Waals surface area contributed by atoms with Gasteiger partial charge in [-0.3, -0.25) is 43.2 Å². The van der Waals surface area contributed by atoms with Gasteiger partial charge < -0.3 is 46.4 Å². The van der Waals surface area contributed by atoms with E-state index in [0.29, 0.717) is 38.8 Å². The monoisotopic (exact) mass is 1100 g/mol. The Bertz CT molecular complexity index is 2380. The summed E-state index contributed by atoms with van der Waals surface area (Å²) in [4.78, 5) is 138. The number of alkyl carbamates (subject to hydrolysis) is 1. The molecule has 2 aliphatic carbocycles. The number of hydrogen-bond donors (Lipinski definition) is 6. The number of carbonyl (C=O) groups is 10. The van der Waals surface area contributed by atoms with Crippen LogP contribution in [0.1, 0.15) is 133 Å². The van der Waals surface area contributed by atoms with Gasteiger partial charge in [0.2, 0.25) is 35.4 Å². The molecule has 19 nitrogen and oxygen atoms in total. The Morgan fingerprint density at radius 3 is 1.72 bits per heavy atom. The van der Waals surface area contributed by atoms with Crippen LogP contribution in [0.3, 0.4) is 0 Å². The van der Waals surface area contributed by atoms with Gasteiger partial charge in [0.05, 0.1) is 12.1 Å². The summed E-state index contributed by atoms with van der Waals surface area (Å²) >= 11 is 0. The molecule has 6 aliphatic rings. The quantitative estimate of drug-likeness (QED) is 0.0698. The molecule has 6 fully saturated rings. The third kappa shape index (κ3) is 14.1. The molecule has 13 atom stereocenters. The molecule has 6 N–H and O–H groups in total. The first-order chi connectivity index (χ1) is 36.3. The van der Waals surface area contributed by atoms with Crippen molar-refractivity contribution in [2.24, 2.45) is 58.2 Å². The number of piperidine rings is 4. The van der Waals surface area contributed by atoms with Crippen molar-refractivity contribution < 1.29 is 65.9 Å². The molecular formula is C56H83F3N8O11. The fraction of sp³-hybridized carbons (Fsp3) is 0.750. The lowest BCUT2D eigenvalue weighted by atomic mass is 9.87. The van der Waals surface area contributed by atoms with Crippen molar-refractivity contribution >= 4 is 59.0 Å². The SMILES string of the molecule is C=CC(=O)[C@H](C[C@@H]1CCCNC1=O)NC(=O)C[C@@H]1[C@@H]2[C@H](CN1C(=O)[C@H](CC(C)C)NC(=O)C(F)(F)F)C2(C)CCC(C)(C)OC(=O)N[C@@H](CC(C)C)C(=O)N1C[C@H]2[C@@H]([C@H]1C(=O)N[C@@H](C[C@@H]1CCCNC1=O)C(=O)C=C)C2(C)C. The molecule has 0 bridgehead atoms. The van der Waals surface area contributed by atoms with E-state index < -0.39 is 112 Å². The number of ether oxygens (including phenoxy) is 1. The molecule has 0 aromatic heterocycles. The molecule has 0 aromatic rings. The first-order valence-electron chi connectivity index (χ1n) is 27.8. The number of rotatable bonds is 25. The average Bonchev–Trinajstić information content (AvgIpc) is 3.84. The van der Waals surface area contributed by atoms with Gasteiger partial charge in [-0.15, -0.1) is 0 Å². The standard InChI is InChI=1S/C56H83F3N8O11/c1-12-40(68)35(24-31-16-14-20-60-46(31)71)62-42(70)26-39-43-34(28-66(39)49(74)37(22-29(3)4)64-51(76)56(57,58)59)55(43,11)19-18-53(7,8)78-52(77)65-38(23-30(5)6)50(75)67-27-33-44(54(33,9)10)45(67)48(73)63-36(41(69)13-2)25-32-17-15-21-61-47(32)72/h12-13,29-39,43-45H,1-2,14-28H2,3-11H3,(H,60,71)(H,61,72)(H,62,70)(H,63,73)(H,64,76)(H,65,77)/t31-,32-,33-,34-,35-,36-,37-,38-,39+,43-,44-,45-,55?/m0/s1. The number of nitrogens with one attached hydrogen (secondary N) is 6. The minimum absolute atomic E-state index is 0.00715. The van der Waals surface area contributed by atoms with Crippen molar-refractivity contribution in [2.45, 2.75) is 181 Å². The van der Waals surface area contributed by atoms with Crippen molar-refractivity contribution in [3.63, 3.8) is 0 Å². The van der Waals surface area contributed by atoms with Crippen LogP contribution in [-0.2, 0) is 47.9 Å². The van der Waals surface area contributed by atoms with Gasteiger partial charge in [0, 0.05) is 50.5 Å². The Morgan fingerprint density at radius 1 is 0.718 bits per heavy atom. The lowest BCUT2D eigenvalue weighted by molar-refractivity contribution is -0.175. The fourth-order valence-electron chi connectivity index (χ4n) is 13.2. The smallest absolute Gasteiger partial charge is 0.444 e. The van der Waals surface area contributed by atoms with Gasteiger partial charge in [0.1, 0.15) is 23.7 Å². The lowest BCUT2D eigenvalue weighted by Gasteiger charge is -2.36. The maximum Gasteiger partial charge on any atom is 0.471 e. The summed E-state index contributed by atoms with van der Waals surface area (Å²) < 4.78 is 46.7. The summed E-state index contributed by atoms with van der Waals surface area (Å²) in [5.74, 6) is -8.43. The van der Waals surface area contributed by atoms with E-state index in [-0.39, 0.29) is 104 Å². The number of amides is 8. The number of nitrogens with zero attached hydrogens (tertiary/aromatic N) is 2. The molecule has 22 heteroatoms. The van der Waals surface area contributed by atoms with Crippen LogP contribution in [0.25, 0.3) is 0 Å². The van der Waals surface area contributed by atoms with E-state index in [1.165, 1.54) is 9.80 Å². The molecule has 1 unspecified atom stereocenters. The number of alkyl halides is 3. The largest absolute Gasteiger partial charge is 0.471 e. The first-order valence-corrected chi connectivity index (χ1v) is 27.8. The van der Waals surface area contributed by atoms with Gasteiger partial charge in [-0.1, -0.05) is 61.6 Å². The predicted molar refractivity (Wildman–Crippen MR) is 280 cm³/mol. The number of carbonyl (C=O) groups excluding carboxylic acids is 10. The third-order valence-electron chi connectivity index (χ3n) is 17.7. The van der Waals surface area contributed by atoms with Crippen molar-refractivity contribution in [3.05, 3.63) is 25.3 Å². The highest BCUT2D eigenvalue weighted by Gasteiger charge is 2.71. The van der Waals surface area contributed by atoms with Crippen molar-refractivity contribution in [2.75, 3.05) is 26.2 Å². The zero-order chi connectivity index (χ0) is 58.0. The Labute approximate surface area is 455 Å². The maximum atomic E-state index is 14.6. The van der Waals surface area contributed by atoms with Crippen LogP contribution in [-0.4, -0.2) is 143 Å². The molecule has 4 saturated heterocycles. The topological polar surface area (TPSA) is 259 Å². The van der Waals surface area contributed by atoms with Gasteiger partial charge >= 0.3 is 18.2 Å². The van der Waals surface area contributed by atoms with Gasteiger partial charge in [-0.25, -0.2) is 4.79 Å². The normalized spacial score (nSPS) is 28.6. The van der Waals surface area contributed by atoms with Gasteiger partial charge in [0.15, 0.2) is 11.6 Å². The van der Waals surface area contributed by atoms with Crippen LogP contribution >= 0.6 is 0 Å². The molecule has 434 valence electrons. The molecule has 0 radical (unpaired) electrons. The summed E-state index contributed by atoms with van der Waals surface area (Å²) in [6.07, 6.45) is -1.03. The first kappa shape index (κ1) is 61.4. The fourth-order valence-corrected chi connectivity index (χ4v) is 13.2. The summed E-state index contributed by atoms with van der Waals surface area (Å²) in [6.45, 7) is 25.0. The zero-order valence-corrected chi connectivity index (χ0v) is 46.8. The molecule has 0 spiro atoms. The summed E-state index contributed by atoms with van der Waals surface area (Å²) in [6, 6.07) is -6.64. The van der Waals surface area contributed by atoms with Crippen molar-refractivity contribution in [3.8, 4) is 0 Å². The van der Waals surface area contributed by atoms with Crippen molar-refractivity contribution in [1.82, 2.24) is 41.7 Å². The number of likely N-dealkylation sites (tertiary alicyclic amines) is 2. The highest BCUT2D eigenvalue weighted by Crippen LogP contribution is 2.68. The second-order valence-electron chi connectivity index (χ2n) is 25.0. The van der Waals surface area contributed by atoms with Gasteiger partial charge in [-0.2, -0.15) is 13.2 Å². The van der Waals surface area contributed by atoms with Crippen LogP contribution in [0, 0.1) is 58.2 Å². The Hall–Kier alpha value is -5.83. The van der Waals surface area contributed by atoms with E-state index in [9.17, 15) is 61.1 Å². The summed E-state index contributed by atoms with van der Waals surface area (Å²) in [5, 5.41) is 15.8. The molecule has 2 saturated carbocycles. The van der Waals surface area contributed by atoms with Crippen molar-refractivity contribution in [1.29, 1.82) is 0 Å². The highest BCUT2D eigenvalue weighted by atomic mass is 19.4. The predicted octanol–water partition coefficient (Wildman–Crippen LogP) is 4.43. The van der Waals surface area contributed by atoms with Crippen LogP contribution in [0.15, 0.2) is 25.3 Å². The molecule has 8 amide bonds. The Morgan fingerprint density at radius 2 is 1.22 bits per heavy atom. The van der Waals surface area contributed by atoms with E-state index in [1.807, 2.05) is 39.9 Å². The van der Waals surface area contributed by atoms with Crippen LogP contribution in [0.5, 0.6) is 0 Å². The highest BCUT2D eigenvalue weighted by molar-refractivity contribution is 6.00. The maximum absolute atomic E-state index is 14.6. The van der Waals surface area contributed by atoms with E-state index in [4.69, 9.17) is 4.74 Å². The molecular weight excluding hydrogens is 1020 g/mol. The van der Waals surface area contributed by atoms with Gasteiger partial charge in [0.25, 0.3) is 0 Å². The van der Waals surface area contributed by atoms with Crippen LogP contribution in [0.4, 0.5) is 18.0 Å². The lowest BCUT2D eigenvalue weighted by Crippen LogP contribution is -2.58. The Kier molecular flexibility index (Phi) is 19.1. The van der Waals surface area contributed by atoms with E-state index in [1.54, 1.807) is 27.7 Å². The number of halogens is 3. The summed E-state index contributed by atoms with van der Waals surface area (Å²) in [7, 11) is 0. The number of hydrogen-bond acceptors (Lipinski definition) is 11. The van der Waals surface area contributed by atoms with E-state index >= 15 is 0 Å². The zero-order valence-electron chi connectivity index (χ0n) is 46.8. The van der Waals surface area contributed by atoms with Crippen LogP contribution < -0.4 is 31.9 Å². The molecule has 4 heterocycles. The van der Waals surface area contributed by atoms with E-state index in [0.717, 1.165) is 18.6 Å². The minimum Gasteiger partial charge on any atom is -0.444 e. The molecule has 0 aromatic carbocycles. The average molecular weight is 1100 g/mol. The molecule has 6 rings (SSSR count). The second kappa shape index (κ2) is 24.3. The van der Waals surface area contributed by atoms with Crippen LogP contribution in [0.2, 0.25) is 0 Å². The number of ketones is 2. The third-order valence-corrected chi connectivity index (χ3v) is 17.7. The molecule has 4 aliphatic heterocycles. The number of fused-ring (bicyclic) bond motifs is 2. The van der Waals surface area contributed by atoms with E-state index in [2.05, 4.69) is 39.7 Å². The van der Waals surface area contributed by atoms with Gasteiger partial charge in [-0.05, 0) is 137 Å². The Balaban J connectivity index is 1.15. The minimum atomic E-state index is -5.26. The summed E-state index contributed by atoms with van der Waals surface area (Å²) in [5.41, 5.74) is -2.02. The second-order valence-corrected chi connectivity index (χ2v) is 25.0. The molecule has 78 heavy (non-hydrogen) atoms.